The molecule has 0 amide bonds. The summed E-state index contributed by atoms with van der Waals surface area (Å²) in [7, 11) is 4.10. The third kappa shape index (κ3) is 1.58. The lowest BCUT2D eigenvalue weighted by Gasteiger charge is -2.18. The maximum absolute atomic E-state index is 4.41. The summed E-state index contributed by atoms with van der Waals surface area (Å²) in [5.74, 6) is 0. The molecule has 0 aromatic carbocycles. The predicted octanol–water partition coefficient (Wildman–Crippen LogP) is 2.07. The van der Waals surface area contributed by atoms with Gasteiger partial charge in [0.2, 0.25) is 0 Å². The van der Waals surface area contributed by atoms with E-state index in [4.69, 9.17) is 0 Å². The molecule has 2 nitrogen and oxygen atoms in total. The maximum Gasteiger partial charge on any atom is 0.0611 e. The van der Waals surface area contributed by atoms with Gasteiger partial charge in [-0.15, -0.1) is 0 Å². The van der Waals surface area contributed by atoms with Crippen LogP contribution in [0.5, 0.6) is 0 Å². The number of nitrogens with zero attached hydrogens (tertiary/aromatic N) is 2. The summed E-state index contributed by atoms with van der Waals surface area (Å²) in [6, 6.07) is 2.11. The Bertz CT molecular complexity index is 267. The minimum atomic E-state index is 1.09. The van der Waals surface area contributed by atoms with Crippen LogP contribution in [-0.2, 0) is 0 Å². The number of anilines is 1. The molecule has 0 spiro atoms. The second-order valence-electron chi connectivity index (χ2n) is 3.41. The molecule has 2 heteroatoms. The average Bonchev–Trinajstić information content (AvgIpc) is 1.82. The van der Waals surface area contributed by atoms with E-state index in [0.29, 0.717) is 0 Å². The Hall–Kier alpha value is -1.05. The van der Waals surface area contributed by atoms with E-state index in [-0.39, 0.29) is 0 Å². The first-order valence-electron chi connectivity index (χ1n) is 4.14. The van der Waals surface area contributed by atoms with E-state index in [9.17, 15) is 0 Å². The molecule has 1 rings (SSSR count). The van der Waals surface area contributed by atoms with Gasteiger partial charge in [0.25, 0.3) is 0 Å². The van der Waals surface area contributed by atoms with E-state index >= 15 is 0 Å². The van der Waals surface area contributed by atoms with Crippen molar-refractivity contribution in [2.75, 3.05) is 19.0 Å². The van der Waals surface area contributed by atoms with Gasteiger partial charge >= 0.3 is 0 Å². The minimum absolute atomic E-state index is 1.09. The van der Waals surface area contributed by atoms with Crippen LogP contribution in [0, 0.1) is 20.8 Å². The molecule has 0 atom stereocenters. The third-order valence-electron chi connectivity index (χ3n) is 1.93. The standard InChI is InChI=1S/C10H16N2/c1-7-6-8(2)11-9(3)10(7)12(4)5/h6H,1-5H3. The van der Waals surface area contributed by atoms with Gasteiger partial charge < -0.3 is 4.90 Å². The van der Waals surface area contributed by atoms with Crippen LogP contribution in [0.4, 0.5) is 5.69 Å². The van der Waals surface area contributed by atoms with Crippen LogP contribution in [0.1, 0.15) is 17.0 Å². The lowest BCUT2D eigenvalue weighted by atomic mass is 10.1. The predicted molar refractivity (Wildman–Crippen MR) is 52.8 cm³/mol. The summed E-state index contributed by atoms with van der Waals surface area (Å²) in [4.78, 5) is 6.52. The highest BCUT2D eigenvalue weighted by molar-refractivity contribution is 5.55. The quantitative estimate of drug-likeness (QED) is 0.631. The van der Waals surface area contributed by atoms with Crippen LogP contribution in [0.15, 0.2) is 6.07 Å². The fraction of sp³-hybridized carbons (Fsp3) is 0.500. The smallest absolute Gasteiger partial charge is 0.0611 e. The van der Waals surface area contributed by atoms with Crippen molar-refractivity contribution in [3.05, 3.63) is 23.0 Å². The molecule has 0 saturated heterocycles. The van der Waals surface area contributed by atoms with Crippen molar-refractivity contribution >= 4 is 5.69 Å². The first-order chi connectivity index (χ1) is 5.52. The highest BCUT2D eigenvalue weighted by atomic mass is 15.1. The van der Waals surface area contributed by atoms with Crippen molar-refractivity contribution in [2.45, 2.75) is 20.8 Å². The zero-order chi connectivity index (χ0) is 9.30. The van der Waals surface area contributed by atoms with Gasteiger partial charge in [0.15, 0.2) is 0 Å². The summed E-state index contributed by atoms with van der Waals surface area (Å²) in [6.45, 7) is 6.20. The van der Waals surface area contributed by atoms with Crippen LogP contribution >= 0.6 is 0 Å². The molecule has 0 aliphatic rings. The lowest BCUT2D eigenvalue weighted by molar-refractivity contribution is 1.03. The molecule has 1 aromatic heterocycles. The number of aryl methyl sites for hydroxylation is 3. The zero-order valence-corrected chi connectivity index (χ0v) is 8.47. The summed E-state index contributed by atoms with van der Waals surface area (Å²) in [5.41, 5.74) is 4.73. The first-order valence-corrected chi connectivity index (χ1v) is 4.14. The molecule has 0 aliphatic heterocycles. The minimum Gasteiger partial charge on any atom is -0.376 e. The average molecular weight is 164 g/mol. The number of hydrogen-bond acceptors (Lipinski definition) is 2. The van der Waals surface area contributed by atoms with Gasteiger partial charge in [-0.25, -0.2) is 0 Å². The Balaban J connectivity index is 3.28. The summed E-state index contributed by atoms with van der Waals surface area (Å²) < 4.78 is 0. The van der Waals surface area contributed by atoms with Crippen molar-refractivity contribution in [2.24, 2.45) is 0 Å². The molecule has 0 unspecified atom stereocenters. The molecule has 0 N–H and O–H groups in total. The molecule has 0 radical (unpaired) electrons. The van der Waals surface area contributed by atoms with E-state index in [2.05, 4.69) is 29.8 Å². The van der Waals surface area contributed by atoms with Gasteiger partial charge in [-0.1, -0.05) is 0 Å². The molecule has 66 valence electrons. The van der Waals surface area contributed by atoms with E-state index < -0.39 is 0 Å². The highest BCUT2D eigenvalue weighted by Crippen LogP contribution is 2.21. The van der Waals surface area contributed by atoms with E-state index in [1.54, 1.807) is 0 Å². The number of rotatable bonds is 1. The molecule has 0 aliphatic carbocycles. The summed E-state index contributed by atoms with van der Waals surface area (Å²) in [5, 5.41) is 0. The molecular formula is C10H16N2. The number of pyridine rings is 1. The fourth-order valence-corrected chi connectivity index (χ4v) is 1.69. The first kappa shape index (κ1) is 9.04. The second-order valence-corrected chi connectivity index (χ2v) is 3.41. The maximum atomic E-state index is 4.41. The van der Waals surface area contributed by atoms with Crippen LogP contribution in [0.2, 0.25) is 0 Å². The third-order valence-corrected chi connectivity index (χ3v) is 1.93. The van der Waals surface area contributed by atoms with Crippen molar-refractivity contribution in [3.63, 3.8) is 0 Å². The molecular weight excluding hydrogens is 148 g/mol. The van der Waals surface area contributed by atoms with Crippen molar-refractivity contribution in [1.29, 1.82) is 0 Å². The van der Waals surface area contributed by atoms with Crippen LogP contribution in [-0.4, -0.2) is 19.1 Å². The number of aromatic nitrogens is 1. The normalized spacial score (nSPS) is 10.1. The Labute approximate surface area is 74.2 Å². The van der Waals surface area contributed by atoms with Crippen LogP contribution in [0.3, 0.4) is 0 Å². The van der Waals surface area contributed by atoms with E-state index in [1.807, 2.05) is 21.0 Å². The van der Waals surface area contributed by atoms with Gasteiger partial charge in [0, 0.05) is 19.8 Å². The molecule has 12 heavy (non-hydrogen) atoms. The Morgan fingerprint density at radius 1 is 1.17 bits per heavy atom. The van der Waals surface area contributed by atoms with Gasteiger partial charge in [0.05, 0.1) is 11.4 Å². The SMILES string of the molecule is Cc1cc(C)c(N(C)C)c(C)n1. The monoisotopic (exact) mass is 164 g/mol. The largest absolute Gasteiger partial charge is 0.376 e. The zero-order valence-electron chi connectivity index (χ0n) is 8.47. The van der Waals surface area contributed by atoms with Crippen LogP contribution in [0.25, 0.3) is 0 Å². The molecule has 0 fully saturated rings. The van der Waals surface area contributed by atoms with E-state index in [0.717, 1.165) is 11.4 Å². The Morgan fingerprint density at radius 3 is 2.17 bits per heavy atom. The molecule has 1 aromatic rings. The highest BCUT2D eigenvalue weighted by Gasteiger charge is 2.05. The van der Waals surface area contributed by atoms with Crippen LogP contribution < -0.4 is 4.90 Å². The van der Waals surface area contributed by atoms with Crippen molar-refractivity contribution in [1.82, 2.24) is 4.98 Å². The van der Waals surface area contributed by atoms with Gasteiger partial charge in [-0.2, -0.15) is 0 Å². The Morgan fingerprint density at radius 2 is 1.75 bits per heavy atom. The van der Waals surface area contributed by atoms with Gasteiger partial charge in [0.1, 0.15) is 0 Å². The Kier molecular flexibility index (Phi) is 2.36. The van der Waals surface area contributed by atoms with Gasteiger partial charge in [-0.05, 0) is 32.4 Å². The molecule has 0 bridgehead atoms. The topological polar surface area (TPSA) is 16.1 Å². The lowest BCUT2D eigenvalue weighted by Crippen LogP contribution is -2.13. The fourth-order valence-electron chi connectivity index (χ4n) is 1.69. The second kappa shape index (κ2) is 3.13. The van der Waals surface area contributed by atoms with Crippen molar-refractivity contribution < 1.29 is 0 Å². The number of hydrogen-bond donors (Lipinski definition) is 0. The van der Waals surface area contributed by atoms with E-state index in [1.165, 1.54) is 11.3 Å². The molecule has 0 saturated carbocycles. The molecule has 1 heterocycles. The summed E-state index contributed by atoms with van der Waals surface area (Å²) in [6.07, 6.45) is 0. The van der Waals surface area contributed by atoms with Crippen molar-refractivity contribution in [3.8, 4) is 0 Å². The van der Waals surface area contributed by atoms with Gasteiger partial charge in [-0.3, -0.25) is 4.98 Å². The summed E-state index contributed by atoms with van der Waals surface area (Å²) >= 11 is 0.